The van der Waals surface area contributed by atoms with Gasteiger partial charge in [0.05, 0.1) is 0 Å². The van der Waals surface area contributed by atoms with Crippen molar-refractivity contribution in [3.05, 3.63) is 0 Å². The van der Waals surface area contributed by atoms with Crippen molar-refractivity contribution in [2.24, 2.45) is 0 Å². The third-order valence-corrected chi connectivity index (χ3v) is 0. The first kappa shape index (κ1) is 30.5. The zero-order valence-corrected chi connectivity index (χ0v) is 8.05. The van der Waals surface area contributed by atoms with Gasteiger partial charge in [0.1, 0.15) is 0 Å². The van der Waals surface area contributed by atoms with Crippen molar-refractivity contribution in [1.29, 1.82) is 0 Å². The van der Waals surface area contributed by atoms with Crippen LogP contribution in [0.2, 0.25) is 0 Å². The smallest absolute Gasteiger partial charge is 0 e. The molecule has 0 unspecified atom stereocenters. The van der Waals surface area contributed by atoms with Gasteiger partial charge in [0.25, 0.3) is 0 Å². The van der Waals surface area contributed by atoms with Gasteiger partial charge in [0, 0.05) is 81.5 Å². The number of hydrogen-bond acceptors (Lipinski definition) is 0. The molecule has 0 N–H and O–H groups in total. The van der Waals surface area contributed by atoms with Crippen LogP contribution in [0, 0.1) is 0 Å². The van der Waals surface area contributed by atoms with E-state index in [4.69, 9.17) is 0 Å². The maximum absolute atomic E-state index is 0. The quantitative estimate of drug-likeness (QED) is 0.435. The van der Waals surface area contributed by atoms with Gasteiger partial charge < -0.3 is 0 Å². The molecule has 0 fully saturated rings. The molecule has 0 saturated heterocycles. The molecular weight excluding hydrogens is 185 g/mol. The minimum absolute atomic E-state index is 0. The molecule has 0 aromatic rings. The summed E-state index contributed by atoms with van der Waals surface area (Å²) in [6.45, 7) is 0. The Morgan fingerprint density at radius 3 is 0.750 bits per heavy atom. The average molecular weight is 185 g/mol. The molecule has 0 amide bonds. The van der Waals surface area contributed by atoms with Crippen molar-refractivity contribution in [2.45, 2.75) is 0 Å². The molecule has 0 bridgehead atoms. The zero-order valence-electron chi connectivity index (χ0n) is 3.02. The summed E-state index contributed by atoms with van der Waals surface area (Å²) in [5.41, 5.74) is 0. The minimum atomic E-state index is 0. The SMILES string of the molecule is [Cd].[Li].[Li].[Ni]. The van der Waals surface area contributed by atoms with Crippen LogP contribution in [-0.2, 0) is 43.8 Å². The van der Waals surface area contributed by atoms with Crippen LogP contribution in [0.5, 0.6) is 0 Å². The molecule has 0 rings (SSSR count). The molecule has 0 nitrogen and oxygen atoms in total. The Kier molecular flexibility index (Phi) is 134. The van der Waals surface area contributed by atoms with Crippen LogP contribution in [0.15, 0.2) is 0 Å². The maximum atomic E-state index is 0. The minimum Gasteiger partial charge on any atom is 0 e. The fourth-order valence-electron chi connectivity index (χ4n) is 0. The second-order valence-corrected chi connectivity index (χ2v) is 0. The molecule has 0 spiro atoms. The molecule has 0 aromatic heterocycles. The van der Waals surface area contributed by atoms with Crippen LogP contribution < -0.4 is 0 Å². The first-order valence-corrected chi connectivity index (χ1v) is 0. The third-order valence-electron chi connectivity index (χ3n) is 0. The Labute approximate surface area is 80.3 Å². The van der Waals surface area contributed by atoms with Gasteiger partial charge in [-0.25, -0.2) is 0 Å². The largest absolute Gasteiger partial charge is 0 e. The Balaban J connectivity index is 0. The zero-order chi connectivity index (χ0) is 0. The van der Waals surface area contributed by atoms with E-state index >= 15 is 0 Å². The topological polar surface area (TPSA) is 0 Å². The molecule has 14 valence electrons. The summed E-state index contributed by atoms with van der Waals surface area (Å²) in [4.78, 5) is 0. The second kappa shape index (κ2) is 17.5. The van der Waals surface area contributed by atoms with E-state index in [9.17, 15) is 0 Å². The predicted molar refractivity (Wildman–Crippen MR) is 11.5 cm³/mol. The first-order valence-electron chi connectivity index (χ1n) is 0. The van der Waals surface area contributed by atoms with E-state index in [1.807, 2.05) is 0 Å². The van der Waals surface area contributed by atoms with Gasteiger partial charge in [-0.05, 0) is 0 Å². The van der Waals surface area contributed by atoms with Crippen molar-refractivity contribution in [3.63, 3.8) is 0 Å². The van der Waals surface area contributed by atoms with Crippen LogP contribution in [0.3, 0.4) is 0 Å². The van der Waals surface area contributed by atoms with Gasteiger partial charge in [-0.3, -0.25) is 0 Å². The molecule has 0 heterocycles. The number of rotatable bonds is 0. The van der Waals surface area contributed by atoms with Gasteiger partial charge in [0.2, 0.25) is 0 Å². The predicted octanol–water partition coefficient (Wildman–Crippen LogP) is -0.767. The van der Waals surface area contributed by atoms with Crippen LogP contribution in [0.25, 0.3) is 0 Å². The van der Waals surface area contributed by atoms with E-state index in [2.05, 4.69) is 0 Å². The van der Waals surface area contributed by atoms with Crippen molar-refractivity contribution in [2.75, 3.05) is 0 Å². The summed E-state index contributed by atoms with van der Waals surface area (Å²) in [5, 5.41) is 0. The second-order valence-electron chi connectivity index (χ2n) is 0. The van der Waals surface area contributed by atoms with Crippen molar-refractivity contribution < 1.29 is 43.8 Å². The van der Waals surface area contributed by atoms with Gasteiger partial charge in [-0.15, -0.1) is 0 Å². The van der Waals surface area contributed by atoms with E-state index in [1.165, 1.54) is 0 Å². The molecule has 0 aliphatic rings. The summed E-state index contributed by atoms with van der Waals surface area (Å²) in [5.74, 6) is 0. The summed E-state index contributed by atoms with van der Waals surface area (Å²) < 4.78 is 0. The van der Waals surface area contributed by atoms with Crippen molar-refractivity contribution >= 4 is 37.7 Å². The van der Waals surface area contributed by atoms with Crippen molar-refractivity contribution in [3.8, 4) is 0 Å². The summed E-state index contributed by atoms with van der Waals surface area (Å²) in [7, 11) is 0. The van der Waals surface area contributed by atoms with E-state index in [0.717, 1.165) is 0 Å². The van der Waals surface area contributed by atoms with E-state index in [-0.39, 0.29) is 81.5 Å². The molecule has 4 heteroatoms. The molecule has 0 aliphatic heterocycles. The molecule has 0 aromatic carbocycles. The maximum Gasteiger partial charge on any atom is 0 e. The average Bonchev–Trinajstić information content (AvgIpc) is 0. The van der Waals surface area contributed by atoms with Gasteiger partial charge in [0.15, 0.2) is 0 Å². The Morgan fingerprint density at radius 2 is 0.750 bits per heavy atom. The van der Waals surface area contributed by atoms with E-state index in [0.29, 0.717) is 0 Å². The Morgan fingerprint density at radius 1 is 0.750 bits per heavy atom. The fourth-order valence-corrected chi connectivity index (χ4v) is 0. The Bertz CT molecular complexity index is 6.00. The molecular formula is CdLi2Ni. The van der Waals surface area contributed by atoms with Crippen LogP contribution >= 0.6 is 0 Å². The summed E-state index contributed by atoms with van der Waals surface area (Å²) in [6.07, 6.45) is 0. The monoisotopic (exact) mass is 186 g/mol. The number of hydrogen-bond donors (Lipinski definition) is 0. The van der Waals surface area contributed by atoms with Crippen LogP contribution in [0.1, 0.15) is 0 Å². The molecule has 4 heavy (non-hydrogen) atoms. The Hall–Kier alpha value is 2.61. The van der Waals surface area contributed by atoms with Gasteiger partial charge in [-0.2, -0.15) is 0 Å². The standard InChI is InChI=1S/Cd.2Li.Ni. The van der Waals surface area contributed by atoms with Gasteiger partial charge in [-0.1, -0.05) is 0 Å². The third kappa shape index (κ3) is 8.82. The molecule has 0 atom stereocenters. The summed E-state index contributed by atoms with van der Waals surface area (Å²) >= 11 is 0. The van der Waals surface area contributed by atoms with E-state index < -0.39 is 0 Å². The summed E-state index contributed by atoms with van der Waals surface area (Å²) in [6, 6.07) is 0. The van der Waals surface area contributed by atoms with Crippen molar-refractivity contribution in [1.82, 2.24) is 0 Å². The molecule has 0 aliphatic carbocycles. The van der Waals surface area contributed by atoms with E-state index in [1.54, 1.807) is 0 Å². The van der Waals surface area contributed by atoms with Gasteiger partial charge >= 0.3 is 0 Å². The fraction of sp³-hybridized carbons (Fsp3) is 0. The normalized spacial score (nSPS) is 0. The molecule has 0 saturated carbocycles. The van der Waals surface area contributed by atoms with Crippen LogP contribution in [-0.4, -0.2) is 37.7 Å². The molecule has 2 radical (unpaired) electrons. The van der Waals surface area contributed by atoms with Crippen LogP contribution in [0.4, 0.5) is 0 Å². The first-order chi connectivity index (χ1) is 0.